The summed E-state index contributed by atoms with van der Waals surface area (Å²) in [4.78, 5) is 35.1. The molecule has 0 aliphatic heterocycles. The van der Waals surface area contributed by atoms with Crippen molar-refractivity contribution in [2.75, 3.05) is 0 Å². The number of hydrogen-bond donors (Lipinski definition) is 0. The summed E-state index contributed by atoms with van der Waals surface area (Å²) in [5.74, 6) is 0.374. The van der Waals surface area contributed by atoms with Gasteiger partial charge in [-0.15, -0.1) is 68.0 Å². The molecule has 0 bridgehead atoms. The molecule has 6 aromatic heterocycles. The first-order valence-electron chi connectivity index (χ1n) is 13.9. The Balaban J connectivity index is 1.35. The maximum Gasteiger partial charge on any atom is 0.197 e. The van der Waals surface area contributed by atoms with Crippen LogP contribution in [0.15, 0.2) is 53.2 Å². The van der Waals surface area contributed by atoms with Crippen LogP contribution < -0.4 is 10.4 Å². The maximum atomic E-state index is 14.5. The molecule has 1 aliphatic carbocycles. The SMILES string of the molecule is CCCCC(=O)c1cc2c(C)sc(-c3ccc(C4=c5c(c6sccc6c6ccsc56)=C(c5ccc(C)s5)C4=O)s3)c2s1. The van der Waals surface area contributed by atoms with Crippen molar-refractivity contribution in [2.24, 2.45) is 0 Å². The molecule has 1 aromatic carbocycles. The molecule has 0 radical (unpaired) electrons. The van der Waals surface area contributed by atoms with Crippen LogP contribution in [0, 0.1) is 13.8 Å². The molecule has 0 fully saturated rings. The average molecular weight is 657 g/mol. The smallest absolute Gasteiger partial charge is 0.197 e. The number of aryl methyl sites for hydroxylation is 2. The molecule has 0 amide bonds. The molecule has 8 rings (SSSR count). The Morgan fingerprint density at radius 3 is 2.00 bits per heavy atom. The number of Topliss-reactive ketones (excluding diaryl/α,β-unsaturated/α-hetero) is 2. The molecular weight excluding hydrogens is 633 g/mol. The third-order valence-corrected chi connectivity index (χ3v) is 14.6. The number of hydrogen-bond acceptors (Lipinski definition) is 8. The summed E-state index contributed by atoms with van der Waals surface area (Å²) in [6.45, 7) is 6.37. The second kappa shape index (κ2) is 10.2. The third-order valence-electron chi connectivity index (χ3n) is 7.95. The molecule has 6 heterocycles. The third kappa shape index (κ3) is 3.96. The molecule has 7 aromatic rings. The van der Waals surface area contributed by atoms with Gasteiger partial charge in [0, 0.05) is 77.9 Å². The monoisotopic (exact) mass is 656 g/mol. The first-order valence-corrected chi connectivity index (χ1v) is 18.9. The lowest BCUT2D eigenvalue weighted by Gasteiger charge is -2.01. The minimum Gasteiger partial charge on any atom is -0.293 e. The number of carbonyl (C=O) groups excluding carboxylic acids is 2. The Kier molecular flexibility index (Phi) is 6.52. The van der Waals surface area contributed by atoms with Crippen LogP contribution in [0.3, 0.4) is 0 Å². The van der Waals surface area contributed by atoms with Gasteiger partial charge in [-0.1, -0.05) is 13.3 Å². The fourth-order valence-corrected chi connectivity index (χ4v) is 12.5. The molecule has 208 valence electrons. The maximum absolute atomic E-state index is 14.5. The van der Waals surface area contributed by atoms with Crippen LogP contribution in [0.5, 0.6) is 0 Å². The zero-order chi connectivity index (χ0) is 28.7. The first kappa shape index (κ1) is 26.9. The number of unbranched alkanes of at least 4 members (excludes halogenated alkanes) is 1. The van der Waals surface area contributed by atoms with Gasteiger partial charge >= 0.3 is 0 Å². The standard InChI is InChI=1S/C34H24O2S6/c1-4-5-6-21(35)25-15-20-17(3)40-34(33(20)42-25)24-10-9-23(41-24)27-29-28(26(30(27)36)22-8-7-16(2)39-22)31-18(11-13-37-31)19-12-14-38-32(19)29/h7-15H,4-6H2,1-3H3. The minimum atomic E-state index is 0.128. The van der Waals surface area contributed by atoms with Crippen LogP contribution in [-0.2, 0) is 4.79 Å². The van der Waals surface area contributed by atoms with E-state index in [1.54, 1.807) is 68.0 Å². The van der Waals surface area contributed by atoms with E-state index >= 15 is 0 Å². The van der Waals surface area contributed by atoms with Gasteiger partial charge in [0.2, 0.25) is 0 Å². The van der Waals surface area contributed by atoms with Crippen LogP contribution in [0.4, 0.5) is 0 Å². The molecule has 0 saturated heterocycles. The number of benzene rings is 1. The van der Waals surface area contributed by atoms with Crippen molar-refractivity contribution in [1.82, 2.24) is 0 Å². The van der Waals surface area contributed by atoms with Gasteiger partial charge in [0.15, 0.2) is 11.6 Å². The summed E-state index contributed by atoms with van der Waals surface area (Å²) in [6.07, 6.45) is 2.56. The van der Waals surface area contributed by atoms with E-state index in [1.807, 2.05) is 0 Å². The van der Waals surface area contributed by atoms with E-state index in [9.17, 15) is 9.59 Å². The van der Waals surface area contributed by atoms with Crippen LogP contribution in [-0.4, -0.2) is 11.6 Å². The summed E-state index contributed by atoms with van der Waals surface area (Å²) < 4.78 is 3.59. The molecule has 0 N–H and O–H groups in total. The van der Waals surface area contributed by atoms with Crippen LogP contribution in [0.25, 0.3) is 51.2 Å². The molecule has 8 heteroatoms. The Hall–Kier alpha value is -2.72. The van der Waals surface area contributed by atoms with Gasteiger partial charge in [-0.3, -0.25) is 9.59 Å². The summed E-state index contributed by atoms with van der Waals surface area (Å²) in [5, 5.41) is 10.2. The Morgan fingerprint density at radius 1 is 0.714 bits per heavy atom. The van der Waals surface area contributed by atoms with E-state index < -0.39 is 0 Å². The lowest BCUT2D eigenvalue weighted by atomic mass is 10.1. The van der Waals surface area contributed by atoms with Crippen LogP contribution in [0.1, 0.15) is 55.4 Å². The zero-order valence-electron chi connectivity index (χ0n) is 23.1. The van der Waals surface area contributed by atoms with E-state index in [0.29, 0.717) is 6.42 Å². The summed E-state index contributed by atoms with van der Waals surface area (Å²) in [6, 6.07) is 15.0. The van der Waals surface area contributed by atoms with E-state index in [0.717, 1.165) is 53.9 Å². The van der Waals surface area contributed by atoms with Gasteiger partial charge in [0.1, 0.15) is 0 Å². The van der Waals surface area contributed by atoms with Crippen molar-refractivity contribution in [3.05, 3.63) is 88.0 Å². The van der Waals surface area contributed by atoms with Crippen LogP contribution >= 0.6 is 68.0 Å². The quantitative estimate of drug-likeness (QED) is 0.160. The predicted octanol–water partition coefficient (Wildman–Crippen LogP) is 10.2. The fraction of sp³-hybridized carbons (Fsp3) is 0.176. The van der Waals surface area contributed by atoms with E-state index in [2.05, 4.69) is 74.0 Å². The van der Waals surface area contributed by atoms with Gasteiger partial charge in [-0.2, -0.15) is 0 Å². The second-order valence-electron chi connectivity index (χ2n) is 10.6. The van der Waals surface area contributed by atoms with E-state index in [4.69, 9.17) is 0 Å². The highest BCUT2D eigenvalue weighted by Crippen LogP contribution is 2.47. The van der Waals surface area contributed by atoms with Crippen molar-refractivity contribution in [3.8, 4) is 9.75 Å². The first-order chi connectivity index (χ1) is 20.4. The van der Waals surface area contributed by atoms with E-state index in [1.165, 1.54) is 44.9 Å². The zero-order valence-corrected chi connectivity index (χ0v) is 28.0. The van der Waals surface area contributed by atoms with Gasteiger partial charge in [-0.25, -0.2) is 0 Å². The number of ketones is 2. The molecule has 0 spiro atoms. The lowest BCUT2D eigenvalue weighted by molar-refractivity contribution is -0.108. The molecule has 0 unspecified atom stereocenters. The highest BCUT2D eigenvalue weighted by molar-refractivity contribution is 7.30. The van der Waals surface area contributed by atoms with Gasteiger partial charge in [0.05, 0.1) is 14.5 Å². The van der Waals surface area contributed by atoms with Crippen molar-refractivity contribution in [2.45, 2.75) is 40.0 Å². The Bertz CT molecular complexity index is 2360. The molecule has 2 nitrogen and oxygen atoms in total. The Morgan fingerprint density at radius 2 is 1.36 bits per heavy atom. The Labute approximate surface area is 266 Å². The van der Waals surface area contributed by atoms with Crippen molar-refractivity contribution >= 4 is 121 Å². The normalized spacial score (nSPS) is 13.5. The van der Waals surface area contributed by atoms with Gasteiger partial charge in [-0.05, 0) is 73.5 Å². The molecular formula is C34H24O2S6. The topological polar surface area (TPSA) is 34.1 Å². The summed E-state index contributed by atoms with van der Waals surface area (Å²) in [5.41, 5.74) is 1.68. The highest BCUT2D eigenvalue weighted by atomic mass is 32.1. The largest absolute Gasteiger partial charge is 0.293 e. The predicted molar refractivity (Wildman–Crippen MR) is 187 cm³/mol. The number of rotatable bonds is 7. The molecule has 42 heavy (non-hydrogen) atoms. The second-order valence-corrected chi connectivity index (χ2v) is 17.1. The van der Waals surface area contributed by atoms with Gasteiger partial charge in [0.25, 0.3) is 0 Å². The number of carbonyl (C=O) groups is 2. The summed E-state index contributed by atoms with van der Waals surface area (Å²) >= 11 is 10.3. The van der Waals surface area contributed by atoms with Crippen LogP contribution in [0.2, 0.25) is 0 Å². The molecule has 0 saturated carbocycles. The molecule has 1 aliphatic rings. The number of fused-ring (bicyclic) bond motifs is 7. The summed E-state index contributed by atoms with van der Waals surface area (Å²) in [7, 11) is 0. The molecule has 0 atom stereocenters. The van der Waals surface area contributed by atoms with Gasteiger partial charge < -0.3 is 0 Å². The minimum absolute atomic E-state index is 0.128. The van der Waals surface area contributed by atoms with Crippen molar-refractivity contribution < 1.29 is 9.59 Å². The van der Waals surface area contributed by atoms with E-state index in [-0.39, 0.29) is 11.6 Å². The fourth-order valence-electron chi connectivity index (χ4n) is 5.96. The number of thiophene rings is 6. The van der Waals surface area contributed by atoms with Crippen molar-refractivity contribution in [1.29, 1.82) is 0 Å². The lowest BCUT2D eigenvalue weighted by Crippen LogP contribution is -2.25. The van der Waals surface area contributed by atoms with Crippen molar-refractivity contribution in [3.63, 3.8) is 0 Å². The average Bonchev–Trinajstić information content (AvgIpc) is 3.79. The highest BCUT2D eigenvalue weighted by Gasteiger charge is 2.31.